The minimum atomic E-state index is -0.477. The average Bonchev–Trinajstić information content (AvgIpc) is 3.11. The molecule has 1 aliphatic rings. The molecule has 3 heterocycles. The molecule has 2 aromatic heterocycles. The molecule has 31 heavy (non-hydrogen) atoms. The number of thiophene rings is 1. The lowest BCUT2D eigenvalue weighted by atomic mass is 10.0. The number of hydrogen-bond donors (Lipinski definition) is 1. The van der Waals surface area contributed by atoms with Gasteiger partial charge in [0.05, 0.1) is 18.5 Å². The van der Waals surface area contributed by atoms with Gasteiger partial charge in [0.1, 0.15) is 9.71 Å². The number of benzene rings is 1. The minimum absolute atomic E-state index is 0.255. The average molecular weight is 438 g/mol. The first-order valence-electron chi connectivity index (χ1n) is 10.6. The maximum Gasteiger partial charge on any atom is 0.350 e. The summed E-state index contributed by atoms with van der Waals surface area (Å²) < 4.78 is 4.97. The van der Waals surface area contributed by atoms with Crippen LogP contribution >= 0.6 is 11.3 Å². The van der Waals surface area contributed by atoms with Crippen LogP contribution < -0.4 is 5.32 Å². The number of pyridine rings is 1. The maximum absolute atomic E-state index is 12.9. The molecule has 1 aliphatic heterocycles. The van der Waals surface area contributed by atoms with E-state index >= 15 is 0 Å². The van der Waals surface area contributed by atoms with Crippen molar-refractivity contribution < 1.29 is 14.3 Å². The number of likely N-dealkylation sites (tertiary alicyclic amines) is 1. The Morgan fingerprint density at radius 2 is 2.06 bits per heavy atom. The van der Waals surface area contributed by atoms with Crippen LogP contribution in [0.2, 0.25) is 0 Å². The van der Waals surface area contributed by atoms with E-state index in [1.54, 1.807) is 6.07 Å². The van der Waals surface area contributed by atoms with Crippen molar-refractivity contribution in [2.75, 3.05) is 25.5 Å². The van der Waals surface area contributed by atoms with Crippen molar-refractivity contribution in [1.29, 1.82) is 0 Å². The maximum atomic E-state index is 12.9. The second-order valence-corrected chi connectivity index (χ2v) is 9.20. The number of carbonyl (C=O) groups is 2. The summed E-state index contributed by atoms with van der Waals surface area (Å²) in [6.07, 6.45) is 2.49. The van der Waals surface area contributed by atoms with Crippen molar-refractivity contribution in [1.82, 2.24) is 9.88 Å². The first kappa shape index (κ1) is 21.5. The number of aromatic nitrogens is 1. The van der Waals surface area contributed by atoms with Crippen molar-refractivity contribution >= 4 is 39.1 Å². The largest absolute Gasteiger partial charge is 0.465 e. The van der Waals surface area contributed by atoms with Crippen molar-refractivity contribution in [3.63, 3.8) is 0 Å². The zero-order chi connectivity index (χ0) is 22.0. The SMILES string of the molecule is COC(=O)c1sc2nc(CN3CCC[C@H](C)C3)ccc2c1NC(=O)c1ccccc1C. The Hall–Kier alpha value is -2.77. The highest BCUT2D eigenvalue weighted by molar-refractivity contribution is 7.21. The third kappa shape index (κ3) is 4.62. The summed E-state index contributed by atoms with van der Waals surface area (Å²) in [7, 11) is 1.34. The van der Waals surface area contributed by atoms with Gasteiger partial charge in [-0.1, -0.05) is 25.1 Å². The van der Waals surface area contributed by atoms with E-state index in [4.69, 9.17) is 9.72 Å². The molecule has 0 radical (unpaired) electrons. The van der Waals surface area contributed by atoms with Crippen LogP contribution in [0.1, 0.15) is 51.1 Å². The van der Waals surface area contributed by atoms with Gasteiger partial charge in [0.2, 0.25) is 0 Å². The molecule has 4 rings (SSSR count). The summed E-state index contributed by atoms with van der Waals surface area (Å²) in [4.78, 5) is 33.7. The lowest BCUT2D eigenvalue weighted by Crippen LogP contribution is -2.33. The van der Waals surface area contributed by atoms with E-state index in [9.17, 15) is 9.59 Å². The summed E-state index contributed by atoms with van der Waals surface area (Å²) in [5.41, 5.74) is 2.87. The Morgan fingerprint density at radius 3 is 2.81 bits per heavy atom. The molecule has 1 fully saturated rings. The Labute approximate surface area is 186 Å². The van der Waals surface area contributed by atoms with E-state index in [0.717, 1.165) is 41.1 Å². The highest BCUT2D eigenvalue weighted by Gasteiger charge is 2.23. The number of esters is 1. The standard InChI is InChI=1S/C24H27N3O3S/c1-15-7-6-12-27(13-15)14-17-10-11-19-20(21(24(29)30-3)31-23(19)25-17)26-22(28)18-9-5-4-8-16(18)2/h4-5,8-11,15H,6-7,12-14H2,1-3H3,(H,26,28)/t15-/m0/s1. The van der Waals surface area contributed by atoms with Crippen molar-refractivity contribution in [3.05, 3.63) is 58.1 Å². The highest BCUT2D eigenvalue weighted by Crippen LogP contribution is 2.36. The van der Waals surface area contributed by atoms with Crippen molar-refractivity contribution in [2.45, 2.75) is 33.2 Å². The molecule has 0 saturated carbocycles. The van der Waals surface area contributed by atoms with Crippen molar-refractivity contribution in [2.24, 2.45) is 5.92 Å². The molecule has 1 N–H and O–H groups in total. The molecule has 1 amide bonds. The lowest BCUT2D eigenvalue weighted by molar-refractivity contribution is 0.0607. The molecule has 162 valence electrons. The summed E-state index contributed by atoms with van der Waals surface area (Å²) in [5, 5.41) is 3.69. The normalized spacial score (nSPS) is 16.9. The Morgan fingerprint density at radius 1 is 1.26 bits per heavy atom. The van der Waals surface area contributed by atoms with Gasteiger partial charge in [-0.05, 0) is 56.0 Å². The lowest BCUT2D eigenvalue weighted by Gasteiger charge is -2.30. The van der Waals surface area contributed by atoms with Crippen LogP contribution in [-0.2, 0) is 11.3 Å². The second-order valence-electron chi connectivity index (χ2n) is 8.20. The summed E-state index contributed by atoms with van der Waals surface area (Å²) in [6.45, 7) is 7.12. The third-order valence-electron chi connectivity index (χ3n) is 5.74. The van der Waals surface area contributed by atoms with Crippen LogP contribution in [-0.4, -0.2) is 42.0 Å². The molecular weight excluding hydrogens is 410 g/mol. The molecule has 6 nitrogen and oxygen atoms in total. The summed E-state index contributed by atoms with van der Waals surface area (Å²) in [5.74, 6) is -0.0303. The third-order valence-corrected chi connectivity index (χ3v) is 6.82. The summed E-state index contributed by atoms with van der Waals surface area (Å²) >= 11 is 1.26. The number of rotatable bonds is 5. The Balaban J connectivity index is 1.66. The van der Waals surface area contributed by atoms with E-state index in [1.165, 1.54) is 31.3 Å². The number of carbonyl (C=O) groups excluding carboxylic acids is 2. The smallest absolute Gasteiger partial charge is 0.350 e. The van der Waals surface area contributed by atoms with E-state index in [-0.39, 0.29) is 5.91 Å². The van der Waals surface area contributed by atoms with Gasteiger partial charge in [-0.15, -0.1) is 11.3 Å². The molecule has 1 atom stereocenters. The zero-order valence-corrected chi connectivity index (χ0v) is 18.9. The molecule has 7 heteroatoms. The van der Waals surface area contributed by atoms with Crippen LogP contribution in [0.5, 0.6) is 0 Å². The number of nitrogens with zero attached hydrogens (tertiary/aromatic N) is 2. The first-order chi connectivity index (χ1) is 15.0. The Bertz CT molecular complexity index is 1120. The molecular formula is C24H27N3O3S. The molecule has 0 spiro atoms. The van der Waals surface area contributed by atoms with Gasteiger partial charge in [-0.3, -0.25) is 9.69 Å². The number of anilines is 1. The number of fused-ring (bicyclic) bond motifs is 1. The number of piperidine rings is 1. The number of ether oxygens (including phenoxy) is 1. The Kier molecular flexibility index (Phi) is 6.34. The fourth-order valence-electron chi connectivity index (χ4n) is 4.13. The predicted molar refractivity (Wildman–Crippen MR) is 124 cm³/mol. The van der Waals surface area contributed by atoms with Crippen LogP contribution in [0.15, 0.2) is 36.4 Å². The van der Waals surface area contributed by atoms with Gasteiger partial charge in [-0.2, -0.15) is 0 Å². The van der Waals surface area contributed by atoms with Gasteiger partial charge >= 0.3 is 5.97 Å². The van der Waals surface area contributed by atoms with Crippen LogP contribution in [0.25, 0.3) is 10.2 Å². The molecule has 3 aromatic rings. The van der Waals surface area contributed by atoms with E-state index in [0.29, 0.717) is 22.0 Å². The van der Waals surface area contributed by atoms with E-state index in [2.05, 4.69) is 17.1 Å². The number of amides is 1. The van der Waals surface area contributed by atoms with Gasteiger partial charge < -0.3 is 10.1 Å². The van der Waals surface area contributed by atoms with Gasteiger partial charge in [0, 0.05) is 24.0 Å². The monoisotopic (exact) mass is 437 g/mol. The fraction of sp³-hybridized carbons (Fsp3) is 0.375. The van der Waals surface area contributed by atoms with Gasteiger partial charge in [0.25, 0.3) is 5.91 Å². The van der Waals surface area contributed by atoms with Crippen LogP contribution in [0.4, 0.5) is 5.69 Å². The predicted octanol–water partition coefficient (Wildman–Crippen LogP) is 4.88. The van der Waals surface area contributed by atoms with E-state index < -0.39 is 5.97 Å². The first-order valence-corrected chi connectivity index (χ1v) is 11.4. The minimum Gasteiger partial charge on any atom is -0.465 e. The highest BCUT2D eigenvalue weighted by atomic mass is 32.1. The number of nitrogens with one attached hydrogen (secondary N) is 1. The number of hydrogen-bond acceptors (Lipinski definition) is 6. The van der Waals surface area contributed by atoms with Crippen molar-refractivity contribution in [3.8, 4) is 0 Å². The zero-order valence-electron chi connectivity index (χ0n) is 18.1. The molecule has 1 saturated heterocycles. The van der Waals surface area contributed by atoms with E-state index in [1.807, 2.05) is 37.3 Å². The fourth-order valence-corrected chi connectivity index (χ4v) is 5.20. The number of methoxy groups -OCH3 is 1. The van der Waals surface area contributed by atoms with Gasteiger partial charge in [0.15, 0.2) is 0 Å². The molecule has 0 aliphatic carbocycles. The van der Waals surface area contributed by atoms with Gasteiger partial charge in [-0.25, -0.2) is 9.78 Å². The summed E-state index contributed by atoms with van der Waals surface area (Å²) in [6, 6.07) is 11.3. The molecule has 0 bridgehead atoms. The number of aryl methyl sites for hydroxylation is 1. The topological polar surface area (TPSA) is 71.5 Å². The molecule has 0 unspecified atom stereocenters. The second kappa shape index (κ2) is 9.16. The quantitative estimate of drug-likeness (QED) is 0.576. The van der Waals surface area contributed by atoms with Crippen LogP contribution in [0.3, 0.4) is 0 Å². The molecule has 1 aromatic carbocycles. The van der Waals surface area contributed by atoms with Crippen LogP contribution in [0, 0.1) is 12.8 Å².